The first kappa shape index (κ1) is 12.0. The fourth-order valence-corrected chi connectivity index (χ4v) is 1.71. The molecule has 1 rings (SSSR count). The molecule has 0 aliphatic heterocycles. The summed E-state index contributed by atoms with van der Waals surface area (Å²) >= 11 is 0. The minimum absolute atomic E-state index is 0.0628. The molecule has 2 nitrogen and oxygen atoms in total. The molecule has 1 aromatic heterocycles. The molecule has 0 atom stereocenters. The minimum atomic E-state index is 0.0628. The van der Waals surface area contributed by atoms with Crippen molar-refractivity contribution < 1.29 is 4.79 Å². The van der Waals surface area contributed by atoms with Gasteiger partial charge in [0.05, 0.1) is 0 Å². The van der Waals surface area contributed by atoms with Crippen molar-refractivity contribution >= 4 is 5.78 Å². The van der Waals surface area contributed by atoms with Gasteiger partial charge in [0.15, 0.2) is 5.78 Å². The largest absolute Gasteiger partial charge is 0.351 e. The molecule has 1 aromatic rings. The fraction of sp³-hybridized carbons (Fsp3) is 0.615. The summed E-state index contributed by atoms with van der Waals surface area (Å²) in [6, 6.07) is 1.99. The molecule has 0 saturated heterocycles. The monoisotopic (exact) mass is 207 g/mol. The van der Waals surface area contributed by atoms with Crippen LogP contribution in [-0.2, 0) is 7.05 Å². The van der Waals surface area contributed by atoms with Gasteiger partial charge in [-0.05, 0) is 25.3 Å². The first-order valence-electron chi connectivity index (χ1n) is 5.38. The van der Waals surface area contributed by atoms with Gasteiger partial charge in [0.2, 0.25) is 0 Å². The van der Waals surface area contributed by atoms with E-state index >= 15 is 0 Å². The second kappa shape index (κ2) is 3.84. The Balaban J connectivity index is 2.98. The van der Waals surface area contributed by atoms with Gasteiger partial charge in [-0.2, -0.15) is 0 Å². The Bertz CT molecular complexity index is 380. The number of ketones is 1. The average Bonchev–Trinajstić information content (AvgIpc) is 2.30. The highest BCUT2D eigenvalue weighted by Crippen LogP contribution is 2.24. The second-order valence-electron chi connectivity index (χ2n) is 5.50. The molecule has 0 radical (unpaired) electrons. The quantitative estimate of drug-likeness (QED) is 0.682. The van der Waals surface area contributed by atoms with Crippen LogP contribution in [-0.4, -0.2) is 10.4 Å². The molecule has 0 aromatic carbocycles. The van der Waals surface area contributed by atoms with Gasteiger partial charge in [-0.3, -0.25) is 4.79 Å². The van der Waals surface area contributed by atoms with Crippen LogP contribution in [0.5, 0.6) is 0 Å². The van der Waals surface area contributed by atoms with Crippen LogP contribution >= 0.6 is 0 Å². The maximum absolute atomic E-state index is 12.0. The number of hydrogen-bond acceptors (Lipinski definition) is 1. The van der Waals surface area contributed by atoms with Crippen LogP contribution in [0.4, 0.5) is 0 Å². The van der Waals surface area contributed by atoms with Gasteiger partial charge in [0.25, 0.3) is 0 Å². The molecule has 0 amide bonds. The van der Waals surface area contributed by atoms with Crippen molar-refractivity contribution in [2.24, 2.45) is 12.5 Å². The van der Waals surface area contributed by atoms with E-state index in [2.05, 4.69) is 25.3 Å². The lowest BCUT2D eigenvalue weighted by Crippen LogP contribution is -2.13. The third kappa shape index (κ3) is 2.71. The van der Waals surface area contributed by atoms with Gasteiger partial charge >= 0.3 is 0 Å². The van der Waals surface area contributed by atoms with E-state index in [4.69, 9.17) is 0 Å². The summed E-state index contributed by atoms with van der Waals surface area (Å²) in [6.45, 7) is 10.3. The number of nitrogens with zero attached hydrogens (tertiary/aromatic N) is 1. The standard InChI is InChI=1S/C13H21NO/c1-9-7-11(10(2)14(9)6)12(15)8-13(3,4)5/h7H,8H2,1-6H3. The van der Waals surface area contributed by atoms with Crippen LogP contribution in [0.1, 0.15) is 48.9 Å². The van der Waals surface area contributed by atoms with Gasteiger partial charge in [0.1, 0.15) is 0 Å². The number of aryl methyl sites for hydroxylation is 1. The summed E-state index contributed by atoms with van der Waals surface area (Å²) in [5.41, 5.74) is 3.16. The molecule has 0 unspecified atom stereocenters. The predicted molar refractivity (Wildman–Crippen MR) is 63.3 cm³/mol. The van der Waals surface area contributed by atoms with E-state index in [1.54, 1.807) is 0 Å². The Morgan fingerprint density at radius 2 is 1.87 bits per heavy atom. The van der Waals surface area contributed by atoms with Crippen molar-refractivity contribution in [1.82, 2.24) is 4.57 Å². The highest BCUT2D eigenvalue weighted by atomic mass is 16.1. The number of carbonyl (C=O) groups excluding carboxylic acids is 1. The summed E-state index contributed by atoms with van der Waals surface area (Å²) in [5.74, 6) is 0.253. The Kier molecular flexibility index (Phi) is 3.08. The van der Waals surface area contributed by atoms with Crippen molar-refractivity contribution in [3.05, 3.63) is 23.0 Å². The lowest BCUT2D eigenvalue weighted by atomic mass is 9.88. The highest BCUT2D eigenvalue weighted by molar-refractivity contribution is 5.97. The van der Waals surface area contributed by atoms with Crippen LogP contribution in [0.15, 0.2) is 6.07 Å². The highest BCUT2D eigenvalue weighted by Gasteiger charge is 2.20. The molecule has 0 N–H and O–H groups in total. The van der Waals surface area contributed by atoms with Crippen LogP contribution in [0.3, 0.4) is 0 Å². The van der Waals surface area contributed by atoms with Crippen LogP contribution in [0.2, 0.25) is 0 Å². The zero-order valence-electron chi connectivity index (χ0n) is 10.6. The van der Waals surface area contributed by atoms with E-state index in [9.17, 15) is 4.79 Å². The molecule has 0 fully saturated rings. The van der Waals surface area contributed by atoms with Crippen molar-refractivity contribution in [3.8, 4) is 0 Å². The van der Waals surface area contributed by atoms with Gasteiger partial charge in [-0.25, -0.2) is 0 Å². The smallest absolute Gasteiger partial charge is 0.165 e. The second-order valence-corrected chi connectivity index (χ2v) is 5.50. The first-order chi connectivity index (χ1) is 6.72. The van der Waals surface area contributed by atoms with Gasteiger partial charge in [-0.1, -0.05) is 20.8 Å². The fourth-order valence-electron chi connectivity index (χ4n) is 1.71. The molecule has 2 heteroatoms. The average molecular weight is 207 g/mol. The topological polar surface area (TPSA) is 22.0 Å². The molecular formula is C13H21NO. The van der Waals surface area contributed by atoms with E-state index in [-0.39, 0.29) is 11.2 Å². The van der Waals surface area contributed by atoms with E-state index in [0.717, 1.165) is 17.0 Å². The van der Waals surface area contributed by atoms with E-state index in [1.807, 2.05) is 27.0 Å². The first-order valence-corrected chi connectivity index (χ1v) is 5.38. The Labute approximate surface area is 92.3 Å². The lowest BCUT2D eigenvalue weighted by Gasteiger charge is -2.16. The minimum Gasteiger partial charge on any atom is -0.351 e. The summed E-state index contributed by atoms with van der Waals surface area (Å²) in [4.78, 5) is 12.0. The molecule has 15 heavy (non-hydrogen) atoms. The SMILES string of the molecule is Cc1cc(C(=O)CC(C)(C)C)c(C)n1C. The van der Waals surface area contributed by atoms with E-state index < -0.39 is 0 Å². The van der Waals surface area contributed by atoms with Crippen molar-refractivity contribution in [1.29, 1.82) is 0 Å². The molecule has 0 aliphatic carbocycles. The zero-order valence-corrected chi connectivity index (χ0v) is 10.6. The Morgan fingerprint density at radius 1 is 1.33 bits per heavy atom. The van der Waals surface area contributed by atoms with Gasteiger partial charge < -0.3 is 4.57 Å². The maximum atomic E-state index is 12.0. The number of carbonyl (C=O) groups is 1. The number of Topliss-reactive ketones (excluding diaryl/α,β-unsaturated/α-hetero) is 1. The zero-order chi connectivity index (χ0) is 11.8. The van der Waals surface area contributed by atoms with Gasteiger partial charge in [0, 0.05) is 30.4 Å². The molecule has 84 valence electrons. The summed E-state index contributed by atoms with van der Waals surface area (Å²) < 4.78 is 2.07. The molecular weight excluding hydrogens is 186 g/mol. The van der Waals surface area contributed by atoms with E-state index in [0.29, 0.717) is 6.42 Å². The van der Waals surface area contributed by atoms with Crippen molar-refractivity contribution in [2.75, 3.05) is 0 Å². The van der Waals surface area contributed by atoms with Crippen molar-refractivity contribution in [3.63, 3.8) is 0 Å². The molecule has 0 saturated carbocycles. The normalized spacial score (nSPS) is 11.9. The number of hydrogen-bond donors (Lipinski definition) is 0. The summed E-state index contributed by atoms with van der Waals surface area (Å²) in [7, 11) is 2.00. The molecule has 0 spiro atoms. The van der Waals surface area contributed by atoms with Crippen LogP contribution in [0.25, 0.3) is 0 Å². The van der Waals surface area contributed by atoms with Gasteiger partial charge in [-0.15, -0.1) is 0 Å². The number of rotatable bonds is 2. The molecule has 1 heterocycles. The van der Waals surface area contributed by atoms with Crippen molar-refractivity contribution in [2.45, 2.75) is 41.0 Å². The van der Waals surface area contributed by atoms with Crippen LogP contribution in [0, 0.1) is 19.3 Å². The lowest BCUT2D eigenvalue weighted by molar-refractivity contribution is 0.0939. The third-order valence-electron chi connectivity index (χ3n) is 2.77. The maximum Gasteiger partial charge on any atom is 0.165 e. The third-order valence-corrected chi connectivity index (χ3v) is 2.77. The van der Waals surface area contributed by atoms with E-state index in [1.165, 1.54) is 0 Å². The molecule has 0 bridgehead atoms. The summed E-state index contributed by atoms with van der Waals surface area (Å²) in [6.07, 6.45) is 0.608. The molecule has 0 aliphatic rings. The predicted octanol–water partition coefficient (Wildman–Crippen LogP) is 3.26. The Morgan fingerprint density at radius 3 is 2.20 bits per heavy atom. The van der Waals surface area contributed by atoms with Crippen LogP contribution < -0.4 is 0 Å². The Hall–Kier alpha value is -1.05. The summed E-state index contributed by atoms with van der Waals surface area (Å²) in [5, 5.41) is 0. The number of aromatic nitrogens is 1.